The fourth-order valence-corrected chi connectivity index (χ4v) is 5.08. The van der Waals surface area contributed by atoms with E-state index in [1.807, 2.05) is 6.92 Å². The fourth-order valence-electron chi connectivity index (χ4n) is 3.91. The topological polar surface area (TPSA) is 80.8 Å². The molecule has 29 heavy (non-hydrogen) atoms. The maximum atomic E-state index is 12.9. The Balaban J connectivity index is 1.64. The molecule has 0 bridgehead atoms. The zero-order valence-electron chi connectivity index (χ0n) is 16.2. The summed E-state index contributed by atoms with van der Waals surface area (Å²) in [6, 6.07) is 13.1. The third kappa shape index (κ3) is 3.71. The van der Waals surface area contributed by atoms with Gasteiger partial charge in [-0.25, -0.2) is 4.90 Å². The van der Waals surface area contributed by atoms with Crippen LogP contribution >= 0.6 is 0 Å². The summed E-state index contributed by atoms with van der Waals surface area (Å²) in [6.07, 6.45) is 2.47. The van der Waals surface area contributed by atoms with Gasteiger partial charge in [-0.05, 0) is 50.5 Å². The number of imide groups is 1. The van der Waals surface area contributed by atoms with Gasteiger partial charge in [-0.3, -0.25) is 9.59 Å². The Kier molecular flexibility index (Phi) is 5.02. The van der Waals surface area contributed by atoms with E-state index >= 15 is 0 Å². The second-order valence-corrected chi connectivity index (χ2v) is 9.16. The van der Waals surface area contributed by atoms with E-state index < -0.39 is 21.9 Å². The van der Waals surface area contributed by atoms with Gasteiger partial charge < -0.3 is 0 Å². The van der Waals surface area contributed by atoms with Gasteiger partial charge in [0.25, 0.3) is 11.8 Å². The largest absolute Gasteiger partial charge is 0.342 e. The maximum absolute atomic E-state index is 12.9. The predicted octanol–water partition coefficient (Wildman–Crippen LogP) is 2.87. The number of amides is 2. The number of hydrogen-bond donors (Lipinski definition) is 0. The van der Waals surface area contributed by atoms with Gasteiger partial charge in [0, 0.05) is 0 Å². The second kappa shape index (κ2) is 7.37. The second-order valence-electron chi connectivity index (χ2n) is 7.63. The van der Waals surface area contributed by atoms with Crippen molar-refractivity contribution in [1.29, 1.82) is 0 Å². The lowest BCUT2D eigenvalue weighted by Gasteiger charge is -2.38. The summed E-state index contributed by atoms with van der Waals surface area (Å²) in [5, 5.41) is 0. The molecule has 0 saturated carbocycles. The highest BCUT2D eigenvalue weighted by Gasteiger charge is 2.46. The van der Waals surface area contributed by atoms with E-state index in [4.69, 9.17) is 4.28 Å². The van der Waals surface area contributed by atoms with Crippen molar-refractivity contribution in [3.8, 4) is 0 Å². The average Bonchev–Trinajstić information content (AvgIpc) is 2.94. The summed E-state index contributed by atoms with van der Waals surface area (Å²) in [7, 11) is -4.06. The molecule has 8 heteroatoms. The lowest BCUT2D eigenvalue weighted by Crippen LogP contribution is -2.58. The van der Waals surface area contributed by atoms with E-state index in [1.165, 1.54) is 12.1 Å². The van der Waals surface area contributed by atoms with Gasteiger partial charge in [-0.2, -0.15) is 8.42 Å². The molecule has 0 atom stereocenters. The number of fused-ring (bicyclic) bond motifs is 1. The van der Waals surface area contributed by atoms with E-state index in [-0.39, 0.29) is 16.2 Å². The summed E-state index contributed by atoms with van der Waals surface area (Å²) in [6.45, 7) is 2.58. The highest BCUT2D eigenvalue weighted by atomic mass is 32.2. The Morgan fingerprint density at radius 1 is 0.897 bits per heavy atom. The molecule has 2 aromatic carbocycles. The minimum absolute atomic E-state index is 0.0635. The molecule has 1 fully saturated rings. The number of quaternary nitrogens is 1. The van der Waals surface area contributed by atoms with Gasteiger partial charge >= 0.3 is 10.1 Å². The van der Waals surface area contributed by atoms with Crippen molar-refractivity contribution in [2.45, 2.75) is 31.1 Å². The third-order valence-electron chi connectivity index (χ3n) is 5.47. The molecule has 2 aliphatic heterocycles. The minimum atomic E-state index is -4.06. The minimum Gasteiger partial charge on any atom is -0.268 e. The quantitative estimate of drug-likeness (QED) is 0.554. The fraction of sp³-hybridized carbons (Fsp3) is 0.333. The molecular formula is C21H23N2O5S+. The number of rotatable bonds is 5. The Labute approximate surface area is 170 Å². The number of carbonyl (C=O) groups is 2. The van der Waals surface area contributed by atoms with Crippen molar-refractivity contribution >= 4 is 21.9 Å². The first-order chi connectivity index (χ1) is 13.8. The smallest absolute Gasteiger partial charge is 0.268 e. The molecule has 0 aliphatic carbocycles. The van der Waals surface area contributed by atoms with E-state index in [1.54, 1.807) is 36.4 Å². The summed E-state index contributed by atoms with van der Waals surface area (Å²) in [5.74, 6) is -0.824. The molecule has 0 unspecified atom stereocenters. The van der Waals surface area contributed by atoms with Crippen LogP contribution in [0, 0.1) is 6.92 Å². The highest BCUT2D eigenvalue weighted by molar-refractivity contribution is 7.86. The summed E-state index contributed by atoms with van der Waals surface area (Å²) in [4.78, 5) is 26.7. The van der Waals surface area contributed by atoms with Gasteiger partial charge in [0.2, 0.25) is 0 Å². The molecule has 0 aromatic heterocycles. The van der Waals surface area contributed by atoms with Gasteiger partial charge in [0.1, 0.15) is 13.1 Å². The number of aryl methyl sites for hydroxylation is 1. The molecule has 1 saturated heterocycles. The van der Waals surface area contributed by atoms with Gasteiger partial charge in [-0.1, -0.05) is 34.1 Å². The lowest BCUT2D eigenvalue weighted by atomic mass is 10.1. The SMILES string of the molecule is Cc1ccc(S(=O)(=O)O[N+]2(CN3C(=O)c4ccccc4C3=O)CCCCC2)cc1. The van der Waals surface area contributed by atoms with Crippen molar-refractivity contribution in [1.82, 2.24) is 4.90 Å². The average molecular weight is 415 g/mol. The Hall–Kier alpha value is -2.55. The van der Waals surface area contributed by atoms with Crippen molar-refractivity contribution < 1.29 is 26.9 Å². The van der Waals surface area contributed by atoms with Gasteiger partial charge in [0.15, 0.2) is 6.67 Å². The van der Waals surface area contributed by atoms with Crippen LogP contribution in [0.3, 0.4) is 0 Å². The molecule has 2 aliphatic rings. The van der Waals surface area contributed by atoms with Crippen LogP contribution in [-0.2, 0) is 14.4 Å². The number of benzene rings is 2. The molecule has 4 rings (SSSR count). The predicted molar refractivity (Wildman–Crippen MR) is 105 cm³/mol. The zero-order valence-corrected chi connectivity index (χ0v) is 17.0. The first-order valence-electron chi connectivity index (χ1n) is 9.66. The van der Waals surface area contributed by atoms with Crippen LogP contribution in [0.4, 0.5) is 0 Å². The molecule has 2 heterocycles. The van der Waals surface area contributed by atoms with Crippen molar-refractivity contribution in [2.24, 2.45) is 0 Å². The Bertz CT molecular complexity index is 1020. The standard InChI is InChI=1S/C21H23N2O5S/c1-16-9-11-17(12-10-16)29(26,27)28-23(13-5-2-6-14-23)15-22-20(24)18-7-3-4-8-19(18)21(22)25/h3-4,7-12H,2,5-6,13-15H2,1H3/q+1. The van der Waals surface area contributed by atoms with Crippen LogP contribution in [0.1, 0.15) is 45.5 Å². The molecule has 152 valence electrons. The van der Waals surface area contributed by atoms with Gasteiger partial charge in [0.05, 0.1) is 16.0 Å². The van der Waals surface area contributed by atoms with E-state index in [0.29, 0.717) is 24.2 Å². The van der Waals surface area contributed by atoms with E-state index in [2.05, 4.69) is 0 Å². The molecule has 0 radical (unpaired) electrons. The highest BCUT2D eigenvalue weighted by Crippen LogP contribution is 2.29. The lowest BCUT2D eigenvalue weighted by molar-refractivity contribution is -1.09. The molecule has 2 amide bonds. The van der Waals surface area contributed by atoms with Crippen LogP contribution in [0.2, 0.25) is 0 Å². The summed E-state index contributed by atoms with van der Waals surface area (Å²) < 4.78 is 31.3. The monoisotopic (exact) mass is 415 g/mol. The number of hydrogen-bond acceptors (Lipinski definition) is 5. The van der Waals surface area contributed by atoms with E-state index in [0.717, 1.165) is 29.7 Å². The summed E-state index contributed by atoms with van der Waals surface area (Å²) in [5.41, 5.74) is 1.62. The van der Waals surface area contributed by atoms with Crippen molar-refractivity contribution in [3.63, 3.8) is 0 Å². The zero-order chi connectivity index (χ0) is 20.6. The first kappa shape index (κ1) is 19.8. The maximum Gasteiger partial charge on any atom is 0.342 e. The van der Waals surface area contributed by atoms with Crippen LogP contribution in [0.5, 0.6) is 0 Å². The Morgan fingerprint density at radius 3 is 2.00 bits per heavy atom. The van der Waals surface area contributed by atoms with Crippen LogP contribution < -0.4 is 0 Å². The van der Waals surface area contributed by atoms with Crippen LogP contribution in [0.25, 0.3) is 0 Å². The molecule has 2 aromatic rings. The number of nitrogens with zero attached hydrogens (tertiary/aromatic N) is 2. The van der Waals surface area contributed by atoms with Crippen molar-refractivity contribution in [3.05, 3.63) is 65.2 Å². The number of piperidine rings is 1. The number of hydroxylamine groups is 3. The first-order valence-corrected chi connectivity index (χ1v) is 11.1. The third-order valence-corrected chi connectivity index (χ3v) is 6.84. The van der Waals surface area contributed by atoms with Gasteiger partial charge in [-0.15, -0.1) is 4.65 Å². The normalized spacial score (nSPS) is 18.7. The molecular weight excluding hydrogens is 392 g/mol. The Morgan fingerprint density at radius 2 is 1.45 bits per heavy atom. The van der Waals surface area contributed by atoms with Crippen LogP contribution in [-0.4, -0.2) is 49.5 Å². The molecule has 0 N–H and O–H groups in total. The van der Waals surface area contributed by atoms with E-state index in [9.17, 15) is 18.0 Å². The van der Waals surface area contributed by atoms with Crippen molar-refractivity contribution in [2.75, 3.05) is 19.8 Å². The summed E-state index contributed by atoms with van der Waals surface area (Å²) >= 11 is 0. The number of likely N-dealkylation sites (tertiary alicyclic amines) is 1. The number of carbonyl (C=O) groups excluding carboxylic acids is 2. The van der Waals surface area contributed by atoms with Crippen LogP contribution in [0.15, 0.2) is 53.4 Å². The molecule has 0 spiro atoms. The molecule has 7 nitrogen and oxygen atoms in total.